The van der Waals surface area contributed by atoms with Crippen molar-refractivity contribution in [3.63, 3.8) is 0 Å². The van der Waals surface area contributed by atoms with Crippen LogP contribution in [0.1, 0.15) is 88.8 Å². The number of methoxy groups -OCH3 is 1. The maximum atomic E-state index is 13.9. The molecule has 0 saturated heterocycles. The van der Waals surface area contributed by atoms with Crippen LogP contribution in [0.2, 0.25) is 5.02 Å². The number of hydrogen-bond donors (Lipinski definition) is 5. The Morgan fingerprint density at radius 2 is 1.46 bits per heavy atom. The number of aromatic hydroxyl groups is 1. The molecule has 364 valence electrons. The molecule has 0 aliphatic carbocycles. The van der Waals surface area contributed by atoms with Crippen LogP contribution in [0.25, 0.3) is 22.3 Å². The maximum absolute atomic E-state index is 13.9. The molecule has 0 saturated carbocycles. The molecule has 2 unspecified atom stereocenters. The highest BCUT2D eigenvalue weighted by molar-refractivity contribution is 6.30. The zero-order chi connectivity index (χ0) is 50.3. The Morgan fingerprint density at radius 1 is 0.824 bits per heavy atom. The van der Waals surface area contributed by atoms with E-state index in [4.69, 9.17) is 30.5 Å². The van der Waals surface area contributed by atoms with Gasteiger partial charge in [0, 0.05) is 41.7 Å². The number of likely N-dealkylation sites (N-methyl/N-ethyl adjacent to an activating group) is 1. The number of nitrogens with one attached hydrogen (secondary N) is 4. The van der Waals surface area contributed by atoms with Crippen LogP contribution < -0.4 is 26.0 Å². The molecule has 4 aromatic rings. The Hall–Kier alpha value is -7.14. The van der Waals surface area contributed by atoms with Gasteiger partial charge < -0.3 is 50.2 Å². The fraction of sp³-hybridized carbons (Fsp3) is 0.380. The topological polar surface area (TPSA) is 228 Å². The van der Waals surface area contributed by atoms with Gasteiger partial charge in [-0.3, -0.25) is 19.2 Å². The van der Waals surface area contributed by atoms with Crippen molar-refractivity contribution in [2.24, 2.45) is 0 Å². The number of fused-ring (bicyclic) bond motifs is 5. The van der Waals surface area contributed by atoms with Crippen molar-refractivity contribution >= 4 is 53.4 Å². The Kier molecular flexibility index (Phi) is 18.9. The van der Waals surface area contributed by atoms with Crippen molar-refractivity contribution in [2.75, 3.05) is 33.8 Å². The fourth-order valence-corrected chi connectivity index (χ4v) is 6.73. The van der Waals surface area contributed by atoms with Crippen molar-refractivity contribution in [3.8, 4) is 33.8 Å². The van der Waals surface area contributed by atoms with Crippen molar-refractivity contribution in [2.45, 2.75) is 91.0 Å². The first-order chi connectivity index (χ1) is 32.0. The van der Waals surface area contributed by atoms with Gasteiger partial charge >= 0.3 is 18.2 Å². The zero-order valence-corrected chi connectivity index (χ0v) is 40.5. The zero-order valence-electron chi connectivity index (χ0n) is 39.7. The molecule has 68 heavy (non-hydrogen) atoms. The molecule has 0 fully saturated rings. The fourth-order valence-electron chi connectivity index (χ4n) is 6.60. The number of unbranched alkanes of at least 4 members (excludes halogenated alkanes) is 1. The summed E-state index contributed by atoms with van der Waals surface area (Å²) in [5.41, 5.74) is 1.72. The van der Waals surface area contributed by atoms with Crippen LogP contribution in [0.5, 0.6) is 11.5 Å². The Bertz CT molecular complexity index is 2450. The quantitative estimate of drug-likeness (QED) is 0.0458. The van der Waals surface area contributed by atoms with E-state index in [0.717, 1.165) is 36.0 Å². The molecule has 0 radical (unpaired) electrons. The minimum Gasteiger partial charge on any atom is -0.507 e. The van der Waals surface area contributed by atoms with Gasteiger partial charge in [-0.05, 0) is 119 Å². The number of phenols is 1. The highest BCUT2D eigenvalue weighted by atomic mass is 35.5. The average Bonchev–Trinajstić information content (AvgIpc) is 3.27. The number of rotatable bonds is 10. The van der Waals surface area contributed by atoms with Gasteiger partial charge in [-0.15, -0.1) is 0 Å². The smallest absolute Gasteiger partial charge is 0.507 e. The summed E-state index contributed by atoms with van der Waals surface area (Å²) in [6.07, 6.45) is 0.661. The van der Waals surface area contributed by atoms with Crippen LogP contribution >= 0.6 is 11.6 Å². The number of halogens is 1. The van der Waals surface area contributed by atoms with Gasteiger partial charge in [-0.1, -0.05) is 61.3 Å². The van der Waals surface area contributed by atoms with Crippen LogP contribution in [-0.4, -0.2) is 103 Å². The second-order valence-corrected chi connectivity index (χ2v) is 18.1. The van der Waals surface area contributed by atoms with E-state index in [2.05, 4.69) is 28.2 Å². The van der Waals surface area contributed by atoms with Crippen LogP contribution in [0.3, 0.4) is 0 Å². The van der Waals surface area contributed by atoms with E-state index in [-0.39, 0.29) is 40.7 Å². The lowest BCUT2D eigenvalue weighted by molar-refractivity contribution is -0.145. The van der Waals surface area contributed by atoms with E-state index in [0.29, 0.717) is 22.7 Å². The number of ether oxygens (including phenoxy) is 4. The van der Waals surface area contributed by atoms with E-state index in [1.165, 1.54) is 31.3 Å². The Balaban J connectivity index is 0.000000738. The summed E-state index contributed by atoms with van der Waals surface area (Å²) in [6, 6.07) is 20.1. The van der Waals surface area contributed by atoms with Gasteiger partial charge in [0.2, 0.25) is 17.7 Å². The number of amides is 5. The molecule has 5 N–H and O–H groups in total. The van der Waals surface area contributed by atoms with E-state index in [1.54, 1.807) is 69.3 Å². The predicted molar refractivity (Wildman–Crippen MR) is 255 cm³/mol. The van der Waals surface area contributed by atoms with Gasteiger partial charge in [0.15, 0.2) is 0 Å². The monoisotopic (exact) mass is 957 g/mol. The first-order valence-electron chi connectivity index (χ1n) is 21.9. The van der Waals surface area contributed by atoms with Crippen LogP contribution in [0, 0.1) is 0 Å². The van der Waals surface area contributed by atoms with Gasteiger partial charge in [-0.25, -0.2) is 14.4 Å². The van der Waals surface area contributed by atoms with Crippen LogP contribution in [0.4, 0.5) is 9.59 Å². The minimum absolute atomic E-state index is 0.0319. The molecule has 2 atom stereocenters. The molecular weight excluding hydrogens is 898 g/mol. The van der Waals surface area contributed by atoms with E-state index in [9.17, 15) is 38.7 Å². The first-order valence-corrected chi connectivity index (χ1v) is 22.2. The van der Waals surface area contributed by atoms with E-state index < -0.39 is 72.1 Å². The second-order valence-electron chi connectivity index (χ2n) is 17.7. The third kappa shape index (κ3) is 16.3. The lowest BCUT2D eigenvalue weighted by Crippen LogP contribution is -2.49. The number of nitrogens with zero attached hydrogens (tertiary/aromatic N) is 1. The molecule has 1 aliphatic rings. The van der Waals surface area contributed by atoms with Crippen LogP contribution in [-0.2, 0) is 39.8 Å². The summed E-state index contributed by atoms with van der Waals surface area (Å²) >= 11 is 5.99. The standard InChI is InChI=1S/C41H41ClN4O10.C9H19NO2/c1-41(2,3)56-40(53)55-33-17-6-23-18-30(33)29-20-27(13-16-32(29)47)36(38(51)43-21-34(48)45-31(19-23)39(52)54-5)46(4)35(49)22-44-37(50)26-9-7-24(8-10-26)25-11-14-28(42)15-12-25;1-5-6-7-10-8(11)12-9(2,3)4/h6-18,20,31,36,47H,19,21-22H2,1-5H3,(H,43,51)(H,44,50)(H,45,48);5-7H2,1-4H3,(H,10,11). The average molecular weight is 959 g/mol. The molecule has 17 nitrogen and oxygen atoms in total. The summed E-state index contributed by atoms with van der Waals surface area (Å²) < 4.78 is 20.8. The van der Waals surface area contributed by atoms with Crippen molar-refractivity contribution in [1.29, 1.82) is 0 Å². The second kappa shape index (κ2) is 24.1. The molecule has 5 amide bonds. The molecule has 0 aromatic heterocycles. The van der Waals surface area contributed by atoms with Gasteiger partial charge in [0.1, 0.15) is 34.8 Å². The third-order valence-corrected chi connectivity index (χ3v) is 10.1. The largest absolute Gasteiger partial charge is 0.514 e. The first kappa shape index (κ1) is 53.5. The van der Waals surface area contributed by atoms with Gasteiger partial charge in [0.25, 0.3) is 5.91 Å². The highest BCUT2D eigenvalue weighted by Gasteiger charge is 2.32. The van der Waals surface area contributed by atoms with Gasteiger partial charge in [0.05, 0.1) is 20.2 Å². The SMILES string of the molecule is CCCCNC(=O)OC(C)(C)C.COC(=O)C1Cc2ccc(OC(=O)OC(C)(C)C)c(c2)-c2cc(ccc2O)C(N(C)C(=O)CNC(=O)c2ccc(-c3ccc(Cl)cc3)cc2)C(=O)NCC(=O)N1. The van der Waals surface area contributed by atoms with E-state index in [1.807, 2.05) is 32.9 Å². The molecule has 5 rings (SSSR count). The Morgan fingerprint density at radius 3 is 2.06 bits per heavy atom. The number of carbonyl (C=O) groups excluding carboxylic acids is 7. The summed E-state index contributed by atoms with van der Waals surface area (Å²) in [6.45, 7) is 12.3. The molecule has 4 aromatic carbocycles. The molecular formula is C50H60ClN5O12. The maximum Gasteiger partial charge on any atom is 0.514 e. The molecule has 18 heteroatoms. The minimum atomic E-state index is -1.40. The summed E-state index contributed by atoms with van der Waals surface area (Å²) in [5.74, 6) is -3.78. The summed E-state index contributed by atoms with van der Waals surface area (Å²) in [5, 5.41) is 22.1. The normalized spacial score (nSPS) is 14.8. The van der Waals surface area contributed by atoms with E-state index >= 15 is 0 Å². The van der Waals surface area contributed by atoms with Crippen LogP contribution in [0.15, 0.2) is 84.9 Å². The molecule has 1 heterocycles. The third-order valence-electron chi connectivity index (χ3n) is 9.89. The number of alkyl carbamates (subject to hydrolysis) is 1. The van der Waals surface area contributed by atoms with Gasteiger partial charge in [-0.2, -0.15) is 0 Å². The number of phenolic OH excluding ortho intramolecular Hbond substituents is 1. The predicted octanol–water partition coefficient (Wildman–Crippen LogP) is 7.26. The highest BCUT2D eigenvalue weighted by Crippen LogP contribution is 2.40. The van der Waals surface area contributed by atoms with Crippen molar-refractivity contribution in [1.82, 2.24) is 26.2 Å². The lowest BCUT2D eigenvalue weighted by atomic mass is 9.94. The molecule has 0 spiro atoms. The number of benzene rings is 4. The Labute approximate surface area is 401 Å². The van der Waals surface area contributed by atoms with Crippen molar-refractivity contribution in [3.05, 3.63) is 107 Å². The van der Waals surface area contributed by atoms with Crippen molar-refractivity contribution < 1.29 is 57.6 Å². The molecule has 1 aliphatic heterocycles. The lowest BCUT2D eigenvalue weighted by Gasteiger charge is -2.29. The summed E-state index contributed by atoms with van der Waals surface area (Å²) in [7, 11) is 2.51. The molecule has 4 bridgehead atoms. The number of hydrogen-bond acceptors (Lipinski definition) is 12. The number of carbonyl (C=O) groups is 7. The number of esters is 1. The summed E-state index contributed by atoms with van der Waals surface area (Å²) in [4.78, 5) is 91.2.